The average molecular weight is 514 g/mol. The van der Waals surface area contributed by atoms with Crippen molar-refractivity contribution in [2.45, 2.75) is 59.0 Å². The number of methoxy groups -OCH3 is 1. The van der Waals surface area contributed by atoms with E-state index in [9.17, 15) is 19.2 Å². The van der Waals surface area contributed by atoms with E-state index in [4.69, 9.17) is 9.47 Å². The van der Waals surface area contributed by atoms with Gasteiger partial charge in [0.2, 0.25) is 11.8 Å². The molecule has 3 N–H and O–H groups in total. The molecular weight excluding hydrogens is 478 g/mol. The monoisotopic (exact) mass is 513 g/mol. The van der Waals surface area contributed by atoms with Crippen molar-refractivity contribution >= 4 is 23.5 Å². The fourth-order valence-electron chi connectivity index (χ4n) is 4.33. The van der Waals surface area contributed by atoms with Gasteiger partial charge in [-0.05, 0) is 52.2 Å². The Labute approximate surface area is 216 Å². The van der Waals surface area contributed by atoms with Crippen molar-refractivity contribution < 1.29 is 28.7 Å². The number of aromatic nitrogens is 2. The summed E-state index contributed by atoms with van der Waals surface area (Å²) in [7, 11) is 1.53. The third-order valence-corrected chi connectivity index (χ3v) is 6.23. The molecule has 200 valence electrons. The fraction of sp³-hybridized carbons (Fsp3) is 0.500. The van der Waals surface area contributed by atoms with Crippen molar-refractivity contribution in [3.8, 4) is 11.5 Å². The van der Waals surface area contributed by atoms with Crippen molar-refractivity contribution in [1.82, 2.24) is 25.7 Å². The summed E-state index contributed by atoms with van der Waals surface area (Å²) in [5, 5.41) is 12.9. The molecular formula is C26H35N5O6. The van der Waals surface area contributed by atoms with Gasteiger partial charge in [0.25, 0.3) is 5.91 Å². The molecule has 1 atom stereocenters. The second kappa shape index (κ2) is 12.9. The van der Waals surface area contributed by atoms with Crippen LogP contribution in [-0.2, 0) is 16.1 Å². The lowest BCUT2D eigenvalue weighted by atomic mass is 10.1. The maximum Gasteiger partial charge on any atom is 0.255 e. The standard InChI is InChI=1S/C26H35N5O6/c1-16-24(18(3)32)17(2)31(30-16)13-10-23(33)29-21-7-5-6-11-27-25(34)20-9-8-19(36-4)15-22(20)37-14-12-28-26(21)35/h8-9,15,21H,5-7,10-14H2,1-4H3,(H,27,34)(H,28,35)(H,29,33)/t21-/m0/s1. The fourth-order valence-corrected chi connectivity index (χ4v) is 4.33. The Balaban J connectivity index is 1.61. The van der Waals surface area contributed by atoms with Gasteiger partial charge in [-0.15, -0.1) is 0 Å². The average Bonchev–Trinajstić information content (AvgIpc) is 3.16. The molecule has 3 rings (SSSR count). The summed E-state index contributed by atoms with van der Waals surface area (Å²) in [4.78, 5) is 50.0. The number of amides is 3. The molecule has 2 heterocycles. The number of ether oxygens (including phenoxy) is 2. The summed E-state index contributed by atoms with van der Waals surface area (Å²) >= 11 is 0. The smallest absolute Gasteiger partial charge is 0.255 e. The number of Topliss-reactive ketones (excluding diaryl/α,β-unsaturated/α-hetero) is 1. The van der Waals surface area contributed by atoms with Gasteiger partial charge < -0.3 is 25.4 Å². The number of rotatable bonds is 6. The Morgan fingerprint density at radius 2 is 1.97 bits per heavy atom. The number of benzene rings is 1. The second-order valence-electron chi connectivity index (χ2n) is 8.95. The van der Waals surface area contributed by atoms with Crippen LogP contribution in [-0.4, -0.2) is 66.1 Å². The predicted octanol–water partition coefficient (Wildman–Crippen LogP) is 1.69. The maximum absolute atomic E-state index is 12.8. The lowest BCUT2D eigenvalue weighted by Gasteiger charge is -2.20. The van der Waals surface area contributed by atoms with E-state index in [0.29, 0.717) is 60.7 Å². The Bertz CT molecular complexity index is 1160. The maximum atomic E-state index is 12.8. The van der Waals surface area contributed by atoms with Crippen molar-refractivity contribution in [2.75, 3.05) is 26.8 Å². The number of aryl methyl sites for hydroxylation is 2. The summed E-state index contributed by atoms with van der Waals surface area (Å²) in [6.45, 7) is 6.10. The van der Waals surface area contributed by atoms with E-state index in [0.717, 1.165) is 5.69 Å². The van der Waals surface area contributed by atoms with E-state index in [1.54, 1.807) is 36.7 Å². The van der Waals surface area contributed by atoms with Crippen LogP contribution in [0.25, 0.3) is 0 Å². The highest BCUT2D eigenvalue weighted by molar-refractivity contribution is 5.97. The van der Waals surface area contributed by atoms with Crippen molar-refractivity contribution in [3.63, 3.8) is 0 Å². The minimum absolute atomic E-state index is 0.0649. The number of nitrogens with zero attached hydrogens (tertiary/aromatic N) is 2. The van der Waals surface area contributed by atoms with Gasteiger partial charge in [0.1, 0.15) is 24.1 Å². The highest BCUT2D eigenvalue weighted by Crippen LogP contribution is 2.25. The molecule has 3 amide bonds. The summed E-state index contributed by atoms with van der Waals surface area (Å²) in [6, 6.07) is 4.25. The zero-order valence-electron chi connectivity index (χ0n) is 21.8. The third-order valence-electron chi connectivity index (χ3n) is 6.23. The van der Waals surface area contributed by atoms with E-state index >= 15 is 0 Å². The first-order valence-corrected chi connectivity index (χ1v) is 12.4. The highest BCUT2D eigenvalue weighted by Gasteiger charge is 2.22. The summed E-state index contributed by atoms with van der Waals surface area (Å²) in [5.41, 5.74) is 2.31. The quantitative estimate of drug-likeness (QED) is 0.499. The van der Waals surface area contributed by atoms with Crippen LogP contribution in [0, 0.1) is 13.8 Å². The molecule has 11 nitrogen and oxygen atoms in total. The van der Waals surface area contributed by atoms with Crippen LogP contribution >= 0.6 is 0 Å². The molecule has 1 aliphatic rings. The van der Waals surface area contributed by atoms with Gasteiger partial charge in [0, 0.05) is 31.3 Å². The van der Waals surface area contributed by atoms with Gasteiger partial charge in [-0.1, -0.05) is 0 Å². The van der Waals surface area contributed by atoms with Crippen LogP contribution in [0.15, 0.2) is 18.2 Å². The van der Waals surface area contributed by atoms with Crippen molar-refractivity contribution in [1.29, 1.82) is 0 Å². The minimum atomic E-state index is -0.716. The number of hydrogen-bond donors (Lipinski definition) is 3. The molecule has 37 heavy (non-hydrogen) atoms. The normalized spacial score (nSPS) is 16.9. The van der Waals surface area contributed by atoms with Gasteiger partial charge in [0.15, 0.2) is 5.78 Å². The summed E-state index contributed by atoms with van der Waals surface area (Å²) < 4.78 is 12.6. The molecule has 2 aromatic rings. The van der Waals surface area contributed by atoms with Crippen molar-refractivity contribution in [3.05, 3.63) is 40.7 Å². The molecule has 1 aliphatic heterocycles. The zero-order chi connectivity index (χ0) is 26.9. The minimum Gasteiger partial charge on any atom is -0.497 e. The Morgan fingerprint density at radius 1 is 1.19 bits per heavy atom. The molecule has 11 heteroatoms. The SMILES string of the molecule is COc1ccc2c(c1)OCCNC(=O)[C@@H](NC(=O)CCn1nc(C)c(C(C)=O)c1C)CCCCNC2=O. The van der Waals surface area contributed by atoms with Crippen LogP contribution in [0.1, 0.15) is 64.7 Å². The van der Waals surface area contributed by atoms with Crippen LogP contribution in [0.2, 0.25) is 0 Å². The predicted molar refractivity (Wildman–Crippen MR) is 136 cm³/mol. The van der Waals surface area contributed by atoms with Gasteiger partial charge >= 0.3 is 0 Å². The molecule has 0 radical (unpaired) electrons. The first-order valence-electron chi connectivity index (χ1n) is 12.4. The lowest BCUT2D eigenvalue weighted by molar-refractivity contribution is -0.129. The highest BCUT2D eigenvalue weighted by atomic mass is 16.5. The van der Waals surface area contributed by atoms with Gasteiger partial charge in [0.05, 0.1) is 30.5 Å². The van der Waals surface area contributed by atoms with E-state index < -0.39 is 6.04 Å². The number of carbonyl (C=O) groups excluding carboxylic acids is 4. The van der Waals surface area contributed by atoms with Crippen LogP contribution in [0.3, 0.4) is 0 Å². The molecule has 0 saturated carbocycles. The van der Waals surface area contributed by atoms with Crippen LogP contribution in [0.4, 0.5) is 0 Å². The third kappa shape index (κ3) is 7.31. The topological polar surface area (TPSA) is 141 Å². The Hall–Kier alpha value is -3.89. The van der Waals surface area contributed by atoms with Crippen molar-refractivity contribution in [2.24, 2.45) is 0 Å². The van der Waals surface area contributed by atoms with Crippen LogP contribution < -0.4 is 25.4 Å². The summed E-state index contributed by atoms with van der Waals surface area (Å²) in [6.07, 6.45) is 1.80. The second-order valence-corrected chi connectivity index (χ2v) is 8.95. The molecule has 1 aromatic heterocycles. The number of carbonyl (C=O) groups is 4. The summed E-state index contributed by atoms with van der Waals surface area (Å²) in [5.74, 6) is 0.0193. The molecule has 0 saturated heterocycles. The first kappa shape index (κ1) is 27.7. The lowest BCUT2D eigenvalue weighted by Crippen LogP contribution is -2.47. The van der Waals surface area contributed by atoms with Gasteiger partial charge in [-0.3, -0.25) is 23.9 Å². The van der Waals surface area contributed by atoms with E-state index in [-0.39, 0.29) is 43.1 Å². The first-order chi connectivity index (χ1) is 17.7. The molecule has 0 unspecified atom stereocenters. The zero-order valence-corrected chi connectivity index (χ0v) is 21.8. The van der Waals surface area contributed by atoms with E-state index in [2.05, 4.69) is 21.0 Å². The molecule has 0 bridgehead atoms. The number of hydrogen-bond acceptors (Lipinski definition) is 7. The largest absolute Gasteiger partial charge is 0.497 e. The van der Waals surface area contributed by atoms with E-state index in [1.165, 1.54) is 14.0 Å². The number of ketones is 1. The molecule has 0 aliphatic carbocycles. The Kier molecular flexibility index (Phi) is 9.64. The molecule has 0 fully saturated rings. The molecule has 0 spiro atoms. The van der Waals surface area contributed by atoms with Gasteiger partial charge in [-0.2, -0.15) is 5.10 Å². The van der Waals surface area contributed by atoms with E-state index in [1.807, 2.05) is 0 Å². The number of fused-ring (bicyclic) bond motifs is 1. The van der Waals surface area contributed by atoms with Crippen LogP contribution in [0.5, 0.6) is 11.5 Å². The number of nitrogens with one attached hydrogen (secondary N) is 3. The molecule has 1 aromatic carbocycles. The van der Waals surface area contributed by atoms with Gasteiger partial charge in [-0.25, -0.2) is 0 Å². The Morgan fingerprint density at radius 3 is 2.68 bits per heavy atom.